The molecule has 0 atom stereocenters. The van der Waals surface area contributed by atoms with E-state index in [4.69, 9.17) is 4.74 Å². The van der Waals surface area contributed by atoms with Crippen LogP contribution in [0.4, 0.5) is 0 Å². The van der Waals surface area contributed by atoms with Crippen molar-refractivity contribution in [1.82, 2.24) is 0 Å². The maximum atomic E-state index is 6.21. The number of hydrogen-bond acceptors (Lipinski definition) is 1. The van der Waals surface area contributed by atoms with Crippen molar-refractivity contribution in [3.8, 4) is 0 Å². The molecule has 0 N–H and O–H groups in total. The summed E-state index contributed by atoms with van der Waals surface area (Å²) in [5.41, 5.74) is 0. The molecule has 2 rings (SSSR count). The van der Waals surface area contributed by atoms with Gasteiger partial charge >= 0.3 is 0 Å². The Morgan fingerprint density at radius 3 is 1.71 bits per heavy atom. The highest BCUT2D eigenvalue weighted by Gasteiger charge is 2.22. The number of rotatable bonds is 11. The number of unbranched alkanes of at least 4 members (excludes halogenated alkanes) is 2. The van der Waals surface area contributed by atoms with E-state index in [0.29, 0.717) is 6.10 Å². The highest BCUT2D eigenvalue weighted by Crippen LogP contribution is 2.34. The Bertz CT molecular complexity index is 284. The maximum Gasteiger partial charge on any atom is 0.0575 e. The van der Waals surface area contributed by atoms with Crippen LogP contribution in [-0.2, 0) is 4.74 Å². The molecule has 0 heterocycles. The quantitative estimate of drug-likeness (QED) is 0.354. The second kappa shape index (κ2) is 12.3. The monoisotopic (exact) mass is 336 g/mol. The van der Waals surface area contributed by atoms with Crippen LogP contribution in [0.1, 0.15) is 117 Å². The van der Waals surface area contributed by atoms with E-state index >= 15 is 0 Å². The van der Waals surface area contributed by atoms with Gasteiger partial charge in [0.2, 0.25) is 0 Å². The first-order valence-electron chi connectivity index (χ1n) is 11.4. The summed E-state index contributed by atoms with van der Waals surface area (Å²) in [6.07, 6.45) is 23.4. The summed E-state index contributed by atoms with van der Waals surface area (Å²) < 4.78 is 6.21. The molecule has 0 amide bonds. The van der Waals surface area contributed by atoms with Gasteiger partial charge in [0.05, 0.1) is 6.10 Å². The predicted molar refractivity (Wildman–Crippen MR) is 105 cm³/mol. The summed E-state index contributed by atoms with van der Waals surface area (Å²) in [4.78, 5) is 0. The summed E-state index contributed by atoms with van der Waals surface area (Å²) in [6, 6.07) is 0. The minimum Gasteiger partial charge on any atom is -0.378 e. The average molecular weight is 337 g/mol. The van der Waals surface area contributed by atoms with Crippen molar-refractivity contribution in [2.75, 3.05) is 6.61 Å². The molecule has 0 unspecified atom stereocenters. The molecule has 2 saturated carbocycles. The van der Waals surface area contributed by atoms with Gasteiger partial charge in [-0.3, -0.25) is 0 Å². The molecule has 0 radical (unpaired) electrons. The molecule has 0 bridgehead atoms. The van der Waals surface area contributed by atoms with Crippen LogP contribution in [-0.4, -0.2) is 12.7 Å². The fourth-order valence-corrected chi connectivity index (χ4v) is 5.11. The molecule has 2 aliphatic rings. The van der Waals surface area contributed by atoms with Crippen molar-refractivity contribution in [3.63, 3.8) is 0 Å². The molecular weight excluding hydrogens is 292 g/mol. The van der Waals surface area contributed by atoms with Gasteiger partial charge in [0.1, 0.15) is 0 Å². The van der Waals surface area contributed by atoms with E-state index in [1.54, 1.807) is 0 Å². The standard InChI is InChI=1S/C23H44O/c1-3-5-6-9-21-15-17-23(18-16-21)24-19-7-10-22-13-11-20(8-4-2)12-14-22/h20-23H,3-19H2,1-2H3/t20-,21?,22-,23?. The fraction of sp³-hybridized carbons (Fsp3) is 1.00. The van der Waals surface area contributed by atoms with Crippen LogP contribution in [0.2, 0.25) is 0 Å². The Labute approximate surface area is 152 Å². The van der Waals surface area contributed by atoms with Crippen LogP contribution in [0.25, 0.3) is 0 Å². The van der Waals surface area contributed by atoms with Crippen molar-refractivity contribution in [3.05, 3.63) is 0 Å². The lowest BCUT2D eigenvalue weighted by Gasteiger charge is -2.30. The Kier molecular flexibility index (Phi) is 10.4. The van der Waals surface area contributed by atoms with Gasteiger partial charge in [-0.05, 0) is 56.3 Å². The minimum absolute atomic E-state index is 0.590. The SMILES string of the molecule is CCCCCC1CCC(OCCC[C@H]2CC[C@H](CCC)CC2)CC1. The highest BCUT2D eigenvalue weighted by molar-refractivity contribution is 4.74. The van der Waals surface area contributed by atoms with E-state index in [1.807, 2.05) is 0 Å². The van der Waals surface area contributed by atoms with Crippen LogP contribution >= 0.6 is 0 Å². The molecule has 2 aliphatic carbocycles. The molecule has 2 fully saturated rings. The molecule has 0 aromatic heterocycles. The molecule has 24 heavy (non-hydrogen) atoms. The third-order valence-corrected chi connectivity index (χ3v) is 6.78. The van der Waals surface area contributed by atoms with Crippen molar-refractivity contribution in [2.45, 2.75) is 123 Å². The molecule has 0 aromatic rings. The van der Waals surface area contributed by atoms with E-state index in [9.17, 15) is 0 Å². The smallest absolute Gasteiger partial charge is 0.0575 e. The molecule has 0 aromatic carbocycles. The summed E-state index contributed by atoms with van der Waals surface area (Å²) >= 11 is 0. The van der Waals surface area contributed by atoms with E-state index in [-0.39, 0.29) is 0 Å². The lowest BCUT2D eigenvalue weighted by Crippen LogP contribution is -2.22. The van der Waals surface area contributed by atoms with Crippen molar-refractivity contribution in [1.29, 1.82) is 0 Å². The zero-order valence-electron chi connectivity index (χ0n) is 16.7. The zero-order chi connectivity index (χ0) is 17.0. The Morgan fingerprint density at radius 1 is 0.583 bits per heavy atom. The number of ether oxygens (including phenoxy) is 1. The molecule has 142 valence electrons. The van der Waals surface area contributed by atoms with Gasteiger partial charge in [-0.1, -0.05) is 78.1 Å². The maximum absolute atomic E-state index is 6.21. The topological polar surface area (TPSA) is 9.23 Å². The van der Waals surface area contributed by atoms with Gasteiger partial charge in [0, 0.05) is 6.61 Å². The van der Waals surface area contributed by atoms with Crippen molar-refractivity contribution in [2.24, 2.45) is 17.8 Å². The first kappa shape index (κ1) is 20.3. The molecule has 0 spiro atoms. The third kappa shape index (κ3) is 7.89. The molecular formula is C23H44O. The Morgan fingerprint density at radius 2 is 1.12 bits per heavy atom. The zero-order valence-corrected chi connectivity index (χ0v) is 16.7. The Balaban J connectivity index is 1.44. The third-order valence-electron chi connectivity index (χ3n) is 6.78. The summed E-state index contributed by atoms with van der Waals surface area (Å²) in [6.45, 7) is 5.67. The summed E-state index contributed by atoms with van der Waals surface area (Å²) in [5, 5.41) is 0. The molecule has 1 heteroatoms. The van der Waals surface area contributed by atoms with Gasteiger partial charge < -0.3 is 4.74 Å². The van der Waals surface area contributed by atoms with Gasteiger partial charge in [-0.2, -0.15) is 0 Å². The van der Waals surface area contributed by atoms with E-state index < -0.39 is 0 Å². The normalized spacial score (nSPS) is 31.2. The first-order valence-corrected chi connectivity index (χ1v) is 11.4. The van der Waals surface area contributed by atoms with Crippen LogP contribution in [0.15, 0.2) is 0 Å². The second-order valence-electron chi connectivity index (χ2n) is 8.83. The van der Waals surface area contributed by atoms with Crippen LogP contribution in [0.5, 0.6) is 0 Å². The van der Waals surface area contributed by atoms with E-state index in [2.05, 4.69) is 13.8 Å². The van der Waals surface area contributed by atoms with Crippen molar-refractivity contribution < 1.29 is 4.74 Å². The lowest BCUT2D eigenvalue weighted by atomic mass is 9.78. The predicted octanol–water partition coefficient (Wildman–Crippen LogP) is 7.53. The highest BCUT2D eigenvalue weighted by atomic mass is 16.5. The van der Waals surface area contributed by atoms with Crippen LogP contribution in [0, 0.1) is 17.8 Å². The summed E-state index contributed by atoms with van der Waals surface area (Å²) in [5.74, 6) is 3.07. The molecule has 1 nitrogen and oxygen atoms in total. The molecule has 0 saturated heterocycles. The van der Waals surface area contributed by atoms with Crippen molar-refractivity contribution >= 4 is 0 Å². The first-order chi connectivity index (χ1) is 11.8. The average Bonchev–Trinajstić information content (AvgIpc) is 2.62. The van der Waals surface area contributed by atoms with Gasteiger partial charge in [-0.25, -0.2) is 0 Å². The molecule has 0 aliphatic heterocycles. The fourth-order valence-electron chi connectivity index (χ4n) is 5.11. The van der Waals surface area contributed by atoms with E-state index in [0.717, 1.165) is 24.4 Å². The van der Waals surface area contributed by atoms with E-state index in [1.165, 1.54) is 103 Å². The van der Waals surface area contributed by atoms with Gasteiger partial charge in [-0.15, -0.1) is 0 Å². The van der Waals surface area contributed by atoms with Gasteiger partial charge in [0.15, 0.2) is 0 Å². The largest absolute Gasteiger partial charge is 0.378 e. The lowest BCUT2D eigenvalue weighted by molar-refractivity contribution is 0.0132. The van der Waals surface area contributed by atoms with Crippen LogP contribution < -0.4 is 0 Å². The number of hydrogen-bond donors (Lipinski definition) is 0. The summed E-state index contributed by atoms with van der Waals surface area (Å²) in [7, 11) is 0. The minimum atomic E-state index is 0.590. The second-order valence-corrected chi connectivity index (χ2v) is 8.83. The van der Waals surface area contributed by atoms with Crippen LogP contribution in [0.3, 0.4) is 0 Å². The van der Waals surface area contributed by atoms with Gasteiger partial charge in [0.25, 0.3) is 0 Å². The Hall–Kier alpha value is -0.0400.